The molecule has 1 aromatic carbocycles. The van der Waals surface area contributed by atoms with E-state index in [1.807, 2.05) is 20.8 Å². The topological polar surface area (TPSA) is 64.3 Å². The molecular formula is C17H28N2O2. The molecule has 21 heavy (non-hydrogen) atoms. The lowest BCUT2D eigenvalue weighted by atomic mass is 10.1. The quantitative estimate of drug-likeness (QED) is 0.594. The number of unbranched alkanes of at least 4 members (excludes halogenated alkanes) is 3. The molecule has 1 aromatic rings. The van der Waals surface area contributed by atoms with Crippen molar-refractivity contribution in [2.24, 2.45) is 0 Å². The Balaban J connectivity index is 2.57. The zero-order valence-corrected chi connectivity index (χ0v) is 13.7. The zero-order chi connectivity index (χ0) is 15.9. The maximum atomic E-state index is 12.0. The van der Waals surface area contributed by atoms with Gasteiger partial charge in [0.1, 0.15) is 5.75 Å². The van der Waals surface area contributed by atoms with E-state index in [0.717, 1.165) is 6.42 Å². The first-order valence-corrected chi connectivity index (χ1v) is 7.68. The van der Waals surface area contributed by atoms with Crippen LogP contribution in [0.15, 0.2) is 18.2 Å². The Morgan fingerprint density at radius 3 is 2.52 bits per heavy atom. The third-order valence-electron chi connectivity index (χ3n) is 3.02. The summed E-state index contributed by atoms with van der Waals surface area (Å²) in [6, 6.07) is 5.19. The van der Waals surface area contributed by atoms with Gasteiger partial charge >= 0.3 is 0 Å². The number of rotatable bonds is 7. The van der Waals surface area contributed by atoms with Gasteiger partial charge in [-0.15, -0.1) is 0 Å². The van der Waals surface area contributed by atoms with Gasteiger partial charge in [-0.1, -0.05) is 26.2 Å². The number of nitrogens with one attached hydrogen (secondary N) is 1. The third kappa shape index (κ3) is 6.52. The molecular weight excluding hydrogens is 264 g/mol. The summed E-state index contributed by atoms with van der Waals surface area (Å²) in [6.07, 6.45) is 4.63. The van der Waals surface area contributed by atoms with Crippen LogP contribution in [0.5, 0.6) is 5.75 Å². The van der Waals surface area contributed by atoms with Gasteiger partial charge in [0.2, 0.25) is 0 Å². The van der Waals surface area contributed by atoms with Crippen LogP contribution in [0.1, 0.15) is 63.7 Å². The first-order chi connectivity index (χ1) is 9.83. The summed E-state index contributed by atoms with van der Waals surface area (Å²) in [6.45, 7) is 8.68. The van der Waals surface area contributed by atoms with Crippen LogP contribution in [0.25, 0.3) is 0 Å². The van der Waals surface area contributed by atoms with Crippen molar-refractivity contribution in [1.82, 2.24) is 5.32 Å². The summed E-state index contributed by atoms with van der Waals surface area (Å²) >= 11 is 0. The van der Waals surface area contributed by atoms with Crippen LogP contribution in [0.3, 0.4) is 0 Å². The zero-order valence-electron chi connectivity index (χ0n) is 13.7. The molecule has 1 amide bonds. The molecule has 0 bridgehead atoms. The highest BCUT2D eigenvalue weighted by molar-refractivity contribution is 5.95. The minimum Gasteiger partial charge on any atom is -0.491 e. The fraction of sp³-hybridized carbons (Fsp3) is 0.588. The summed E-state index contributed by atoms with van der Waals surface area (Å²) in [5.74, 6) is 0.530. The predicted octanol–water partition coefficient (Wildman–Crippen LogP) is 3.76. The highest BCUT2D eigenvalue weighted by atomic mass is 16.5. The van der Waals surface area contributed by atoms with E-state index < -0.39 is 0 Å². The van der Waals surface area contributed by atoms with Gasteiger partial charge in [0, 0.05) is 11.1 Å². The maximum Gasteiger partial charge on any atom is 0.251 e. The lowest BCUT2D eigenvalue weighted by molar-refractivity contribution is 0.0919. The lowest BCUT2D eigenvalue weighted by Crippen LogP contribution is -2.40. The van der Waals surface area contributed by atoms with Gasteiger partial charge in [-0.2, -0.15) is 0 Å². The number of carbonyl (C=O) groups excluding carboxylic acids is 1. The second kappa shape index (κ2) is 7.91. The normalized spacial score (nSPS) is 11.2. The van der Waals surface area contributed by atoms with Crippen molar-refractivity contribution in [3.8, 4) is 5.75 Å². The first-order valence-electron chi connectivity index (χ1n) is 7.68. The Labute approximate surface area is 128 Å². The largest absolute Gasteiger partial charge is 0.491 e. The highest BCUT2D eigenvalue weighted by Gasteiger charge is 2.16. The van der Waals surface area contributed by atoms with Gasteiger partial charge in [0.05, 0.1) is 12.3 Å². The first kappa shape index (κ1) is 17.3. The van der Waals surface area contributed by atoms with E-state index in [-0.39, 0.29) is 11.4 Å². The summed E-state index contributed by atoms with van der Waals surface area (Å²) in [5, 5.41) is 2.91. The molecule has 3 N–H and O–H groups in total. The van der Waals surface area contributed by atoms with Crippen LogP contribution < -0.4 is 15.8 Å². The van der Waals surface area contributed by atoms with Crippen LogP contribution in [0.4, 0.5) is 5.69 Å². The molecule has 4 nitrogen and oxygen atoms in total. The molecule has 0 spiro atoms. The highest BCUT2D eigenvalue weighted by Crippen LogP contribution is 2.23. The molecule has 0 aliphatic rings. The minimum atomic E-state index is -0.264. The van der Waals surface area contributed by atoms with Crippen LogP contribution in [0.2, 0.25) is 0 Å². The molecule has 0 saturated heterocycles. The summed E-state index contributed by atoms with van der Waals surface area (Å²) in [7, 11) is 0. The van der Waals surface area contributed by atoms with Gasteiger partial charge in [0.25, 0.3) is 5.91 Å². The van der Waals surface area contributed by atoms with Gasteiger partial charge in [-0.3, -0.25) is 4.79 Å². The summed E-state index contributed by atoms with van der Waals surface area (Å²) < 4.78 is 5.66. The number of nitrogens with two attached hydrogens (primary N) is 1. The fourth-order valence-corrected chi connectivity index (χ4v) is 1.94. The SMILES string of the molecule is CCCCCCOc1ccc(C(=O)NC(C)(C)C)cc1N. The van der Waals surface area contributed by atoms with Crippen molar-refractivity contribution in [2.75, 3.05) is 12.3 Å². The van der Waals surface area contributed by atoms with Crippen molar-refractivity contribution in [1.29, 1.82) is 0 Å². The average molecular weight is 292 g/mol. The molecule has 0 saturated carbocycles. The van der Waals surface area contributed by atoms with Crippen LogP contribution in [-0.4, -0.2) is 18.1 Å². The van der Waals surface area contributed by atoms with E-state index in [2.05, 4.69) is 12.2 Å². The van der Waals surface area contributed by atoms with Gasteiger partial charge in [-0.25, -0.2) is 0 Å². The number of ether oxygens (including phenoxy) is 1. The molecule has 4 heteroatoms. The van der Waals surface area contributed by atoms with Crippen LogP contribution in [-0.2, 0) is 0 Å². The Morgan fingerprint density at radius 1 is 1.24 bits per heavy atom. The smallest absolute Gasteiger partial charge is 0.251 e. The number of hydrogen-bond acceptors (Lipinski definition) is 3. The standard InChI is InChI=1S/C17H28N2O2/c1-5-6-7-8-11-21-15-10-9-13(12-14(15)18)16(20)19-17(2,3)4/h9-10,12H,5-8,11,18H2,1-4H3,(H,19,20). The molecule has 118 valence electrons. The molecule has 0 unspecified atom stereocenters. The van der Waals surface area contributed by atoms with E-state index >= 15 is 0 Å². The second-order valence-corrected chi connectivity index (χ2v) is 6.37. The number of benzene rings is 1. The molecule has 0 fully saturated rings. The van der Waals surface area contributed by atoms with Crippen molar-refractivity contribution in [2.45, 2.75) is 58.9 Å². The average Bonchev–Trinajstić information content (AvgIpc) is 2.38. The fourth-order valence-electron chi connectivity index (χ4n) is 1.94. The van der Waals surface area contributed by atoms with Gasteiger partial charge in [0.15, 0.2) is 0 Å². The minimum absolute atomic E-state index is 0.122. The molecule has 0 aromatic heterocycles. The van der Waals surface area contributed by atoms with Crippen molar-refractivity contribution in [3.63, 3.8) is 0 Å². The molecule has 0 aliphatic heterocycles. The van der Waals surface area contributed by atoms with E-state index in [0.29, 0.717) is 23.6 Å². The summed E-state index contributed by atoms with van der Waals surface area (Å²) in [5.41, 5.74) is 6.76. The number of carbonyl (C=O) groups is 1. The van der Waals surface area contributed by atoms with E-state index in [1.54, 1.807) is 18.2 Å². The summed E-state index contributed by atoms with van der Waals surface area (Å²) in [4.78, 5) is 12.0. The third-order valence-corrected chi connectivity index (χ3v) is 3.02. The predicted molar refractivity (Wildman–Crippen MR) is 87.7 cm³/mol. The van der Waals surface area contributed by atoms with Gasteiger partial charge in [-0.05, 0) is 45.4 Å². The van der Waals surface area contributed by atoms with Crippen molar-refractivity contribution >= 4 is 11.6 Å². The lowest BCUT2D eigenvalue weighted by Gasteiger charge is -2.20. The number of hydrogen-bond donors (Lipinski definition) is 2. The molecule has 0 radical (unpaired) electrons. The van der Waals surface area contributed by atoms with Crippen LogP contribution in [0, 0.1) is 0 Å². The Morgan fingerprint density at radius 2 is 1.95 bits per heavy atom. The van der Waals surface area contributed by atoms with E-state index in [4.69, 9.17) is 10.5 Å². The molecule has 0 atom stereocenters. The van der Waals surface area contributed by atoms with Crippen molar-refractivity contribution in [3.05, 3.63) is 23.8 Å². The Bertz CT molecular complexity index is 464. The Kier molecular flexibility index (Phi) is 6.53. The number of anilines is 1. The van der Waals surface area contributed by atoms with Crippen LogP contribution >= 0.6 is 0 Å². The number of nitrogen functional groups attached to an aromatic ring is 1. The molecule has 0 heterocycles. The van der Waals surface area contributed by atoms with Gasteiger partial charge < -0.3 is 15.8 Å². The monoisotopic (exact) mass is 292 g/mol. The maximum absolute atomic E-state index is 12.0. The second-order valence-electron chi connectivity index (χ2n) is 6.37. The molecule has 0 aliphatic carbocycles. The molecule has 1 rings (SSSR count). The van der Waals surface area contributed by atoms with E-state index in [1.165, 1.54) is 19.3 Å². The van der Waals surface area contributed by atoms with Crippen molar-refractivity contribution < 1.29 is 9.53 Å². The van der Waals surface area contributed by atoms with E-state index in [9.17, 15) is 4.79 Å². The number of amides is 1. The Hall–Kier alpha value is -1.71.